The van der Waals surface area contributed by atoms with Gasteiger partial charge in [0.2, 0.25) is 0 Å². The van der Waals surface area contributed by atoms with Gasteiger partial charge in [-0.05, 0) is 33.0 Å². The van der Waals surface area contributed by atoms with Crippen LogP contribution in [-0.2, 0) is 0 Å². The minimum atomic E-state index is -4.19. The molecule has 0 amide bonds. The highest BCUT2D eigenvalue weighted by molar-refractivity contribution is 4.82. The molecule has 0 aliphatic carbocycles. The number of nitrogens with two attached hydrogens (primary N) is 1. The molecule has 3 nitrogen and oxygen atoms in total. The highest BCUT2D eigenvalue weighted by atomic mass is 19.4. The number of rotatable bonds is 6. The number of likely N-dealkylation sites (tertiary alicyclic amines) is 1. The van der Waals surface area contributed by atoms with Crippen LogP contribution in [0.3, 0.4) is 0 Å². The van der Waals surface area contributed by atoms with Crippen LogP contribution in [-0.4, -0.2) is 61.8 Å². The van der Waals surface area contributed by atoms with Crippen molar-refractivity contribution in [3.8, 4) is 0 Å². The van der Waals surface area contributed by atoms with E-state index in [2.05, 4.69) is 11.8 Å². The molecule has 0 aromatic heterocycles. The second-order valence-electron chi connectivity index (χ2n) is 5.12. The fourth-order valence-electron chi connectivity index (χ4n) is 2.64. The van der Waals surface area contributed by atoms with Crippen molar-refractivity contribution in [3.05, 3.63) is 0 Å². The molecule has 1 aliphatic heterocycles. The fourth-order valence-corrected chi connectivity index (χ4v) is 2.64. The summed E-state index contributed by atoms with van der Waals surface area (Å²) in [4.78, 5) is 4.10. The number of halogens is 3. The minimum Gasteiger partial charge on any atom is -0.330 e. The van der Waals surface area contributed by atoms with Crippen LogP contribution < -0.4 is 5.73 Å². The molecule has 6 heteroatoms. The average molecular weight is 267 g/mol. The maximum Gasteiger partial charge on any atom is 0.394 e. The molecule has 1 saturated heterocycles. The zero-order valence-corrected chi connectivity index (χ0v) is 11.2. The molecule has 2 N–H and O–H groups in total. The first-order valence-corrected chi connectivity index (χ1v) is 6.57. The van der Waals surface area contributed by atoms with Crippen LogP contribution in [0.1, 0.15) is 19.8 Å². The van der Waals surface area contributed by atoms with Crippen molar-refractivity contribution in [2.24, 2.45) is 11.7 Å². The summed E-state index contributed by atoms with van der Waals surface area (Å²) in [7, 11) is 1.75. The Morgan fingerprint density at radius 3 is 2.61 bits per heavy atom. The van der Waals surface area contributed by atoms with Crippen molar-refractivity contribution in [1.82, 2.24) is 9.80 Å². The Morgan fingerprint density at radius 2 is 2.11 bits per heavy atom. The highest BCUT2D eigenvalue weighted by Crippen LogP contribution is 2.26. The second kappa shape index (κ2) is 6.73. The van der Waals surface area contributed by atoms with E-state index in [1.807, 2.05) is 0 Å². The molecule has 108 valence electrons. The first-order valence-electron chi connectivity index (χ1n) is 6.57. The van der Waals surface area contributed by atoms with Crippen molar-refractivity contribution < 1.29 is 13.2 Å². The first-order chi connectivity index (χ1) is 8.38. The fraction of sp³-hybridized carbons (Fsp3) is 1.00. The predicted molar refractivity (Wildman–Crippen MR) is 66.4 cm³/mol. The van der Waals surface area contributed by atoms with E-state index in [0.29, 0.717) is 12.6 Å². The first kappa shape index (κ1) is 15.7. The SMILES string of the molecule is CCN1CCCC1CN(C)CC(CN)C(F)(F)F. The van der Waals surface area contributed by atoms with Crippen molar-refractivity contribution in [2.75, 3.05) is 39.8 Å². The summed E-state index contributed by atoms with van der Waals surface area (Å²) in [5.41, 5.74) is 5.21. The maximum absolute atomic E-state index is 12.6. The van der Waals surface area contributed by atoms with E-state index in [1.54, 1.807) is 11.9 Å². The third-order valence-electron chi connectivity index (χ3n) is 3.71. The van der Waals surface area contributed by atoms with E-state index >= 15 is 0 Å². The smallest absolute Gasteiger partial charge is 0.330 e. The molecule has 1 rings (SSSR count). The Morgan fingerprint density at radius 1 is 1.44 bits per heavy atom. The monoisotopic (exact) mass is 267 g/mol. The van der Waals surface area contributed by atoms with Gasteiger partial charge in [-0.2, -0.15) is 13.2 Å². The number of likely N-dealkylation sites (N-methyl/N-ethyl adjacent to an activating group) is 2. The molecule has 1 heterocycles. The summed E-state index contributed by atoms with van der Waals surface area (Å²) in [5, 5.41) is 0. The van der Waals surface area contributed by atoms with E-state index < -0.39 is 12.1 Å². The lowest BCUT2D eigenvalue weighted by atomic mass is 10.1. The van der Waals surface area contributed by atoms with E-state index in [1.165, 1.54) is 0 Å². The molecule has 1 aliphatic rings. The standard InChI is InChI=1S/C12H24F3N3/c1-3-18-6-4-5-11(18)9-17(2)8-10(7-16)12(13,14)15/h10-11H,3-9,16H2,1-2H3. The molecule has 1 fully saturated rings. The van der Waals surface area contributed by atoms with Gasteiger partial charge < -0.3 is 10.6 Å². The van der Waals surface area contributed by atoms with Crippen LogP contribution in [0.25, 0.3) is 0 Å². The zero-order chi connectivity index (χ0) is 13.8. The van der Waals surface area contributed by atoms with Gasteiger partial charge in [-0.25, -0.2) is 0 Å². The molecule has 0 aromatic carbocycles. The normalized spacial score (nSPS) is 23.8. The third-order valence-corrected chi connectivity index (χ3v) is 3.71. The molecule has 2 unspecified atom stereocenters. The average Bonchev–Trinajstić information content (AvgIpc) is 2.71. The van der Waals surface area contributed by atoms with E-state index in [4.69, 9.17) is 5.73 Å². The van der Waals surface area contributed by atoms with Gasteiger partial charge in [-0.3, -0.25) is 4.90 Å². The van der Waals surface area contributed by atoms with Crippen LogP contribution >= 0.6 is 0 Å². The molecular weight excluding hydrogens is 243 g/mol. The van der Waals surface area contributed by atoms with Gasteiger partial charge in [-0.15, -0.1) is 0 Å². The summed E-state index contributed by atoms with van der Waals surface area (Å²) in [6.45, 7) is 4.48. The van der Waals surface area contributed by atoms with Gasteiger partial charge in [0.15, 0.2) is 0 Å². The van der Waals surface area contributed by atoms with Gasteiger partial charge in [0.25, 0.3) is 0 Å². The summed E-state index contributed by atoms with van der Waals surface area (Å²) in [6, 6.07) is 0.395. The topological polar surface area (TPSA) is 32.5 Å². The van der Waals surface area contributed by atoms with Gasteiger partial charge in [0, 0.05) is 25.7 Å². The maximum atomic E-state index is 12.6. The summed E-state index contributed by atoms with van der Waals surface area (Å²) >= 11 is 0. The summed E-state index contributed by atoms with van der Waals surface area (Å²) in [5.74, 6) is -1.42. The summed E-state index contributed by atoms with van der Waals surface area (Å²) in [6.07, 6.45) is -1.97. The summed E-state index contributed by atoms with van der Waals surface area (Å²) < 4.78 is 37.9. The Bertz CT molecular complexity index is 245. The highest BCUT2D eigenvalue weighted by Gasteiger charge is 2.39. The van der Waals surface area contributed by atoms with Crippen molar-refractivity contribution in [2.45, 2.75) is 32.0 Å². The number of nitrogens with zero attached hydrogens (tertiary/aromatic N) is 2. The molecular formula is C12H24F3N3. The predicted octanol–water partition coefficient (Wildman–Crippen LogP) is 1.54. The Balaban J connectivity index is 2.43. The van der Waals surface area contributed by atoms with E-state index in [9.17, 15) is 13.2 Å². The largest absolute Gasteiger partial charge is 0.394 e. The zero-order valence-electron chi connectivity index (χ0n) is 11.2. The Hall–Kier alpha value is -0.330. The van der Waals surface area contributed by atoms with Crippen LogP contribution in [0.15, 0.2) is 0 Å². The van der Waals surface area contributed by atoms with Gasteiger partial charge in [-0.1, -0.05) is 6.92 Å². The molecule has 0 saturated carbocycles. The van der Waals surface area contributed by atoms with Crippen molar-refractivity contribution in [3.63, 3.8) is 0 Å². The lowest BCUT2D eigenvalue weighted by molar-refractivity contribution is -0.175. The van der Waals surface area contributed by atoms with Crippen LogP contribution in [0, 0.1) is 5.92 Å². The van der Waals surface area contributed by atoms with E-state index in [-0.39, 0.29) is 13.1 Å². The lowest BCUT2D eigenvalue weighted by Gasteiger charge is -2.30. The Kier molecular flexibility index (Phi) is 5.88. The van der Waals surface area contributed by atoms with Crippen LogP contribution in [0.5, 0.6) is 0 Å². The molecule has 0 aromatic rings. The number of alkyl halides is 3. The molecule has 0 bridgehead atoms. The molecule has 18 heavy (non-hydrogen) atoms. The van der Waals surface area contributed by atoms with Crippen LogP contribution in [0.4, 0.5) is 13.2 Å². The van der Waals surface area contributed by atoms with Crippen molar-refractivity contribution in [1.29, 1.82) is 0 Å². The number of hydrogen-bond acceptors (Lipinski definition) is 3. The van der Waals surface area contributed by atoms with Gasteiger partial charge in [0.1, 0.15) is 0 Å². The van der Waals surface area contributed by atoms with E-state index in [0.717, 1.165) is 25.9 Å². The third kappa shape index (κ3) is 4.40. The number of hydrogen-bond donors (Lipinski definition) is 1. The van der Waals surface area contributed by atoms with Gasteiger partial charge >= 0.3 is 6.18 Å². The molecule has 0 spiro atoms. The van der Waals surface area contributed by atoms with Crippen molar-refractivity contribution >= 4 is 0 Å². The lowest BCUT2D eigenvalue weighted by Crippen LogP contribution is -2.44. The second-order valence-corrected chi connectivity index (χ2v) is 5.12. The quantitative estimate of drug-likeness (QED) is 0.792. The van der Waals surface area contributed by atoms with Gasteiger partial charge in [0.05, 0.1) is 5.92 Å². The molecule has 2 atom stereocenters. The Labute approximate surface area is 107 Å². The van der Waals surface area contributed by atoms with Crippen LogP contribution in [0.2, 0.25) is 0 Å². The minimum absolute atomic E-state index is 0.00590. The molecule has 0 radical (unpaired) electrons.